The molecule has 0 saturated carbocycles. The normalized spacial score (nSPS) is 14.8. The molecule has 0 aromatic heterocycles. The van der Waals surface area contributed by atoms with Gasteiger partial charge in [-0.2, -0.15) is 4.31 Å². The number of nitrogens with one attached hydrogen (secondary N) is 1. The number of benzene rings is 2. The van der Waals surface area contributed by atoms with Crippen LogP contribution in [-0.4, -0.2) is 31.4 Å². The molecule has 144 valence electrons. The zero-order chi connectivity index (χ0) is 19.4. The summed E-state index contributed by atoms with van der Waals surface area (Å²) in [7, 11) is -3.49. The van der Waals surface area contributed by atoms with Crippen molar-refractivity contribution in [1.29, 1.82) is 0 Å². The highest BCUT2D eigenvalue weighted by atomic mass is 32.2. The molecule has 0 saturated heterocycles. The number of rotatable bonds is 7. The summed E-state index contributed by atoms with van der Waals surface area (Å²) >= 11 is 0. The van der Waals surface area contributed by atoms with E-state index < -0.39 is 10.0 Å². The summed E-state index contributed by atoms with van der Waals surface area (Å²) in [6.07, 6.45) is 4.53. The van der Waals surface area contributed by atoms with Crippen molar-refractivity contribution in [2.45, 2.75) is 38.8 Å². The van der Waals surface area contributed by atoms with Crippen molar-refractivity contribution >= 4 is 15.9 Å². The van der Waals surface area contributed by atoms with Crippen LogP contribution in [0.4, 0.5) is 0 Å². The quantitative estimate of drug-likeness (QED) is 0.796. The van der Waals surface area contributed by atoms with Gasteiger partial charge in [0, 0.05) is 6.54 Å². The first kappa shape index (κ1) is 19.6. The van der Waals surface area contributed by atoms with E-state index in [-0.39, 0.29) is 25.0 Å². The van der Waals surface area contributed by atoms with Crippen molar-refractivity contribution in [1.82, 2.24) is 9.62 Å². The van der Waals surface area contributed by atoms with Gasteiger partial charge >= 0.3 is 0 Å². The maximum absolute atomic E-state index is 12.5. The van der Waals surface area contributed by atoms with Crippen LogP contribution in [0.3, 0.4) is 0 Å². The Morgan fingerprint density at radius 3 is 2.52 bits per heavy atom. The summed E-state index contributed by atoms with van der Waals surface area (Å²) in [5.41, 5.74) is 4.65. The molecule has 1 N–H and O–H groups in total. The standard InChI is InChI=1S/C21H26N2O3S/c1-16(19-12-11-18-9-6-10-20(18)13-19)22-21(24)15-23(27(2,25)26)14-17-7-4-3-5-8-17/h3-5,7-8,11-13,16H,6,9-10,14-15H2,1-2H3,(H,22,24)/t16-/m0/s1. The maximum Gasteiger partial charge on any atom is 0.235 e. The topological polar surface area (TPSA) is 66.5 Å². The monoisotopic (exact) mass is 386 g/mol. The number of amides is 1. The second-order valence-electron chi connectivity index (χ2n) is 7.19. The Kier molecular flexibility index (Phi) is 5.97. The predicted octanol–water partition coefficient (Wildman–Crippen LogP) is 2.81. The molecule has 0 fully saturated rings. The van der Waals surface area contributed by atoms with Gasteiger partial charge in [0.1, 0.15) is 0 Å². The molecule has 1 aliphatic rings. The maximum atomic E-state index is 12.5. The number of aryl methyl sites for hydroxylation is 2. The number of fused-ring (bicyclic) bond motifs is 1. The number of sulfonamides is 1. The van der Waals surface area contributed by atoms with E-state index in [0.29, 0.717) is 0 Å². The molecule has 6 heteroatoms. The van der Waals surface area contributed by atoms with Gasteiger partial charge in [-0.1, -0.05) is 48.5 Å². The summed E-state index contributed by atoms with van der Waals surface area (Å²) < 4.78 is 25.4. The van der Waals surface area contributed by atoms with Crippen LogP contribution in [0, 0.1) is 0 Å². The van der Waals surface area contributed by atoms with Gasteiger partial charge in [-0.05, 0) is 48.4 Å². The van der Waals surface area contributed by atoms with Crippen molar-refractivity contribution < 1.29 is 13.2 Å². The van der Waals surface area contributed by atoms with Crippen LogP contribution in [0.5, 0.6) is 0 Å². The molecule has 27 heavy (non-hydrogen) atoms. The second-order valence-corrected chi connectivity index (χ2v) is 9.17. The lowest BCUT2D eigenvalue weighted by molar-refractivity contribution is -0.122. The second kappa shape index (κ2) is 8.23. The van der Waals surface area contributed by atoms with Crippen molar-refractivity contribution in [3.8, 4) is 0 Å². The van der Waals surface area contributed by atoms with E-state index in [4.69, 9.17) is 0 Å². The fourth-order valence-electron chi connectivity index (χ4n) is 3.47. The van der Waals surface area contributed by atoms with Gasteiger partial charge in [-0.25, -0.2) is 8.42 Å². The molecule has 0 spiro atoms. The van der Waals surface area contributed by atoms with Gasteiger partial charge in [0.05, 0.1) is 18.8 Å². The minimum absolute atomic E-state index is 0.165. The number of carbonyl (C=O) groups is 1. The van der Waals surface area contributed by atoms with Gasteiger partial charge in [-0.15, -0.1) is 0 Å². The minimum atomic E-state index is -3.49. The fraction of sp³-hybridized carbons (Fsp3) is 0.381. The molecule has 3 rings (SSSR count). The Bertz CT molecular complexity index is 910. The van der Waals surface area contributed by atoms with Crippen LogP contribution >= 0.6 is 0 Å². The fourth-order valence-corrected chi connectivity index (χ4v) is 4.20. The molecule has 5 nitrogen and oxygen atoms in total. The van der Waals surface area contributed by atoms with Crippen molar-refractivity contribution in [2.24, 2.45) is 0 Å². The van der Waals surface area contributed by atoms with E-state index >= 15 is 0 Å². The lowest BCUT2D eigenvalue weighted by Gasteiger charge is -2.21. The van der Waals surface area contributed by atoms with Crippen LogP contribution < -0.4 is 5.32 Å². The summed E-state index contributed by atoms with van der Waals surface area (Å²) in [5, 5.41) is 2.93. The number of nitrogens with zero attached hydrogens (tertiary/aromatic N) is 1. The Labute approximate surface area is 161 Å². The average Bonchev–Trinajstić information content (AvgIpc) is 3.09. The Hall–Kier alpha value is -2.18. The largest absolute Gasteiger partial charge is 0.348 e. The van der Waals surface area contributed by atoms with Crippen LogP contribution in [0.2, 0.25) is 0 Å². The van der Waals surface area contributed by atoms with Crippen LogP contribution in [-0.2, 0) is 34.2 Å². The Balaban J connectivity index is 1.65. The molecule has 1 aliphatic carbocycles. The molecule has 2 aromatic carbocycles. The van der Waals surface area contributed by atoms with Gasteiger partial charge in [0.15, 0.2) is 0 Å². The molecule has 2 aromatic rings. The third-order valence-corrected chi connectivity index (χ3v) is 6.19. The third-order valence-electron chi connectivity index (χ3n) is 4.99. The minimum Gasteiger partial charge on any atom is -0.348 e. The highest BCUT2D eigenvalue weighted by Crippen LogP contribution is 2.25. The van der Waals surface area contributed by atoms with Crippen LogP contribution in [0.1, 0.15) is 41.6 Å². The van der Waals surface area contributed by atoms with Gasteiger partial charge < -0.3 is 5.32 Å². The van der Waals surface area contributed by atoms with E-state index in [2.05, 4.69) is 17.4 Å². The van der Waals surface area contributed by atoms with Crippen LogP contribution in [0.15, 0.2) is 48.5 Å². The SMILES string of the molecule is C[C@H](NC(=O)CN(Cc1ccccc1)S(C)(=O)=O)c1ccc2c(c1)CCC2. The number of carbonyl (C=O) groups excluding carboxylic acids is 1. The van der Waals surface area contributed by atoms with E-state index in [1.54, 1.807) is 0 Å². The van der Waals surface area contributed by atoms with Crippen molar-refractivity contribution in [2.75, 3.05) is 12.8 Å². The number of hydrogen-bond donors (Lipinski definition) is 1. The summed E-state index contributed by atoms with van der Waals surface area (Å²) in [6, 6.07) is 15.5. The molecular weight excluding hydrogens is 360 g/mol. The lowest BCUT2D eigenvalue weighted by Crippen LogP contribution is -2.40. The predicted molar refractivity (Wildman–Crippen MR) is 107 cm³/mol. The van der Waals surface area contributed by atoms with Gasteiger partial charge in [-0.3, -0.25) is 4.79 Å². The molecule has 0 aliphatic heterocycles. The van der Waals surface area contributed by atoms with E-state index in [0.717, 1.165) is 30.2 Å². The van der Waals surface area contributed by atoms with E-state index in [1.807, 2.05) is 43.3 Å². The highest BCUT2D eigenvalue weighted by molar-refractivity contribution is 7.88. The lowest BCUT2D eigenvalue weighted by atomic mass is 10.0. The smallest absolute Gasteiger partial charge is 0.235 e. The summed E-state index contributed by atoms with van der Waals surface area (Å²) in [4.78, 5) is 12.5. The molecule has 0 unspecified atom stereocenters. The zero-order valence-corrected chi connectivity index (χ0v) is 16.6. The summed E-state index contributed by atoms with van der Waals surface area (Å²) in [5.74, 6) is -0.302. The van der Waals surface area contributed by atoms with Gasteiger partial charge in [0.2, 0.25) is 15.9 Å². The van der Waals surface area contributed by atoms with Crippen molar-refractivity contribution in [3.63, 3.8) is 0 Å². The Morgan fingerprint density at radius 2 is 1.81 bits per heavy atom. The molecule has 0 radical (unpaired) electrons. The number of hydrogen-bond acceptors (Lipinski definition) is 3. The highest BCUT2D eigenvalue weighted by Gasteiger charge is 2.22. The zero-order valence-electron chi connectivity index (χ0n) is 15.8. The van der Waals surface area contributed by atoms with E-state index in [9.17, 15) is 13.2 Å². The van der Waals surface area contributed by atoms with Gasteiger partial charge in [0.25, 0.3) is 0 Å². The Morgan fingerprint density at radius 1 is 1.11 bits per heavy atom. The first-order chi connectivity index (χ1) is 12.8. The molecule has 1 amide bonds. The van der Waals surface area contributed by atoms with Crippen LogP contribution in [0.25, 0.3) is 0 Å². The first-order valence-electron chi connectivity index (χ1n) is 9.23. The first-order valence-corrected chi connectivity index (χ1v) is 11.1. The van der Waals surface area contributed by atoms with E-state index in [1.165, 1.54) is 21.9 Å². The third kappa shape index (κ3) is 5.17. The molecular formula is C21H26N2O3S. The summed E-state index contributed by atoms with van der Waals surface area (Å²) in [6.45, 7) is 1.92. The molecule has 0 heterocycles. The molecule has 0 bridgehead atoms. The average molecular weight is 387 g/mol. The van der Waals surface area contributed by atoms with Crippen molar-refractivity contribution in [3.05, 3.63) is 70.8 Å². The molecule has 1 atom stereocenters.